The molecule has 132 valence electrons. The molecule has 2 N–H and O–H groups in total. The normalized spacial score (nSPS) is 15.3. The predicted molar refractivity (Wildman–Crippen MR) is 98.4 cm³/mol. The Hall–Kier alpha value is -3.15. The fourth-order valence-corrected chi connectivity index (χ4v) is 3.41. The van der Waals surface area contributed by atoms with Gasteiger partial charge in [0, 0.05) is 42.5 Å². The standard InChI is InChI=1S/C20H20N4O2/c21-19(25)15-6-9-23(10-7-15)20(26)16-8-11-24-13-17(22-18(24)12-16)14-4-2-1-3-5-14/h1-5,8,11-13,15H,6-7,9-10H2,(H2,21,25). The number of primary amides is 1. The number of amides is 2. The highest BCUT2D eigenvalue weighted by molar-refractivity contribution is 5.95. The maximum Gasteiger partial charge on any atom is 0.254 e. The smallest absolute Gasteiger partial charge is 0.254 e. The van der Waals surface area contributed by atoms with Gasteiger partial charge in [0.15, 0.2) is 0 Å². The van der Waals surface area contributed by atoms with E-state index in [0.29, 0.717) is 31.5 Å². The number of hydrogen-bond donors (Lipinski definition) is 1. The molecule has 6 heteroatoms. The summed E-state index contributed by atoms with van der Waals surface area (Å²) >= 11 is 0. The number of pyridine rings is 1. The van der Waals surface area contributed by atoms with Crippen molar-refractivity contribution in [2.75, 3.05) is 13.1 Å². The van der Waals surface area contributed by atoms with Gasteiger partial charge in [-0.2, -0.15) is 0 Å². The number of nitrogens with two attached hydrogens (primary N) is 1. The van der Waals surface area contributed by atoms with Crippen LogP contribution in [-0.4, -0.2) is 39.2 Å². The summed E-state index contributed by atoms with van der Waals surface area (Å²) in [7, 11) is 0. The van der Waals surface area contributed by atoms with Crippen molar-refractivity contribution in [1.82, 2.24) is 14.3 Å². The van der Waals surface area contributed by atoms with Gasteiger partial charge < -0.3 is 15.0 Å². The van der Waals surface area contributed by atoms with Gasteiger partial charge in [-0.15, -0.1) is 0 Å². The molecule has 1 aliphatic rings. The van der Waals surface area contributed by atoms with Crippen LogP contribution in [0.3, 0.4) is 0 Å². The first-order chi connectivity index (χ1) is 12.6. The number of nitrogens with zero attached hydrogens (tertiary/aromatic N) is 3. The Bertz CT molecular complexity index is 956. The van der Waals surface area contributed by atoms with Crippen LogP contribution in [0.25, 0.3) is 16.9 Å². The van der Waals surface area contributed by atoms with Crippen LogP contribution in [0.1, 0.15) is 23.2 Å². The summed E-state index contributed by atoms with van der Waals surface area (Å²) in [5.41, 5.74) is 8.62. The average Bonchev–Trinajstić information content (AvgIpc) is 3.11. The van der Waals surface area contributed by atoms with Gasteiger partial charge in [0.05, 0.1) is 5.69 Å². The fourth-order valence-electron chi connectivity index (χ4n) is 3.41. The van der Waals surface area contributed by atoms with E-state index in [-0.39, 0.29) is 17.7 Å². The van der Waals surface area contributed by atoms with Gasteiger partial charge >= 0.3 is 0 Å². The van der Waals surface area contributed by atoms with Crippen molar-refractivity contribution >= 4 is 17.5 Å². The minimum absolute atomic E-state index is 0.0281. The first-order valence-corrected chi connectivity index (χ1v) is 8.74. The molecule has 0 spiro atoms. The molecule has 2 amide bonds. The SMILES string of the molecule is NC(=O)C1CCN(C(=O)c2ccn3cc(-c4ccccc4)nc3c2)CC1. The summed E-state index contributed by atoms with van der Waals surface area (Å²) in [4.78, 5) is 30.5. The van der Waals surface area contributed by atoms with Crippen molar-refractivity contribution < 1.29 is 9.59 Å². The van der Waals surface area contributed by atoms with Crippen LogP contribution in [-0.2, 0) is 4.79 Å². The Morgan fingerprint density at radius 1 is 1.08 bits per heavy atom. The van der Waals surface area contributed by atoms with Gasteiger partial charge in [0.25, 0.3) is 5.91 Å². The van der Waals surface area contributed by atoms with Crippen LogP contribution in [0, 0.1) is 5.92 Å². The van der Waals surface area contributed by atoms with Crippen LogP contribution in [0.15, 0.2) is 54.9 Å². The summed E-state index contributed by atoms with van der Waals surface area (Å²) in [6, 6.07) is 13.6. The van der Waals surface area contributed by atoms with E-state index in [1.807, 2.05) is 59.3 Å². The van der Waals surface area contributed by atoms with E-state index in [1.165, 1.54) is 0 Å². The lowest BCUT2D eigenvalue weighted by atomic mass is 9.96. The van der Waals surface area contributed by atoms with Crippen LogP contribution in [0.4, 0.5) is 0 Å². The molecule has 2 aromatic heterocycles. The second kappa shape index (κ2) is 6.63. The lowest BCUT2D eigenvalue weighted by Gasteiger charge is -2.30. The lowest BCUT2D eigenvalue weighted by Crippen LogP contribution is -2.41. The van der Waals surface area contributed by atoms with Gasteiger partial charge in [0.1, 0.15) is 5.65 Å². The summed E-state index contributed by atoms with van der Waals surface area (Å²) in [6.07, 6.45) is 5.07. The van der Waals surface area contributed by atoms with E-state index in [9.17, 15) is 9.59 Å². The number of fused-ring (bicyclic) bond motifs is 1. The maximum absolute atomic E-state index is 12.8. The van der Waals surface area contributed by atoms with Gasteiger partial charge in [-0.05, 0) is 25.0 Å². The molecule has 0 aliphatic carbocycles. The number of hydrogen-bond acceptors (Lipinski definition) is 3. The number of imidazole rings is 1. The molecular formula is C20H20N4O2. The van der Waals surface area contributed by atoms with E-state index in [2.05, 4.69) is 4.98 Å². The zero-order valence-electron chi connectivity index (χ0n) is 14.3. The average molecular weight is 348 g/mol. The monoisotopic (exact) mass is 348 g/mol. The molecule has 0 radical (unpaired) electrons. The number of rotatable bonds is 3. The van der Waals surface area contributed by atoms with Crippen LogP contribution in [0.5, 0.6) is 0 Å². The van der Waals surface area contributed by atoms with Gasteiger partial charge in [0.2, 0.25) is 5.91 Å². The zero-order chi connectivity index (χ0) is 18.1. The highest BCUT2D eigenvalue weighted by atomic mass is 16.2. The Labute approximate surface area is 151 Å². The Morgan fingerprint density at radius 2 is 1.81 bits per heavy atom. The third-order valence-electron chi connectivity index (χ3n) is 4.96. The molecule has 26 heavy (non-hydrogen) atoms. The number of likely N-dealkylation sites (tertiary alicyclic amines) is 1. The molecule has 6 nitrogen and oxygen atoms in total. The summed E-state index contributed by atoms with van der Waals surface area (Å²) in [5, 5.41) is 0. The Kier molecular flexibility index (Phi) is 4.16. The fraction of sp³-hybridized carbons (Fsp3) is 0.250. The molecule has 3 aromatic rings. The van der Waals surface area contributed by atoms with E-state index < -0.39 is 0 Å². The number of carbonyl (C=O) groups excluding carboxylic acids is 2. The third-order valence-corrected chi connectivity index (χ3v) is 4.96. The molecule has 0 saturated carbocycles. The highest BCUT2D eigenvalue weighted by Crippen LogP contribution is 2.21. The van der Waals surface area contributed by atoms with Gasteiger partial charge in [-0.3, -0.25) is 9.59 Å². The molecule has 3 heterocycles. The van der Waals surface area contributed by atoms with E-state index in [1.54, 1.807) is 4.90 Å². The van der Waals surface area contributed by atoms with E-state index in [4.69, 9.17) is 5.73 Å². The van der Waals surface area contributed by atoms with Crippen LogP contribution >= 0.6 is 0 Å². The molecule has 1 saturated heterocycles. The third kappa shape index (κ3) is 3.06. The topological polar surface area (TPSA) is 80.7 Å². The minimum atomic E-state index is -0.274. The maximum atomic E-state index is 12.8. The summed E-state index contributed by atoms with van der Waals surface area (Å²) < 4.78 is 1.92. The molecule has 4 rings (SSSR count). The minimum Gasteiger partial charge on any atom is -0.369 e. The molecular weight excluding hydrogens is 328 g/mol. The van der Waals surface area contributed by atoms with E-state index in [0.717, 1.165) is 16.9 Å². The second-order valence-corrected chi connectivity index (χ2v) is 6.64. The largest absolute Gasteiger partial charge is 0.369 e. The molecule has 0 bridgehead atoms. The van der Waals surface area contributed by atoms with Crippen molar-refractivity contribution in [3.63, 3.8) is 0 Å². The second-order valence-electron chi connectivity index (χ2n) is 6.64. The number of aromatic nitrogens is 2. The molecule has 1 aromatic carbocycles. The molecule has 0 unspecified atom stereocenters. The predicted octanol–water partition coefficient (Wildman–Crippen LogP) is 2.34. The number of piperidine rings is 1. The zero-order valence-corrected chi connectivity index (χ0v) is 14.3. The molecule has 1 aliphatic heterocycles. The lowest BCUT2D eigenvalue weighted by molar-refractivity contribution is -0.123. The van der Waals surface area contributed by atoms with Crippen molar-refractivity contribution in [1.29, 1.82) is 0 Å². The van der Waals surface area contributed by atoms with Crippen molar-refractivity contribution in [3.05, 3.63) is 60.4 Å². The van der Waals surface area contributed by atoms with Gasteiger partial charge in [-0.25, -0.2) is 4.98 Å². The summed E-state index contributed by atoms with van der Waals surface area (Å²) in [5.74, 6) is -0.425. The van der Waals surface area contributed by atoms with Crippen LogP contribution in [0.2, 0.25) is 0 Å². The highest BCUT2D eigenvalue weighted by Gasteiger charge is 2.26. The van der Waals surface area contributed by atoms with Gasteiger partial charge in [-0.1, -0.05) is 30.3 Å². The molecule has 0 atom stereocenters. The van der Waals surface area contributed by atoms with Crippen molar-refractivity contribution in [2.45, 2.75) is 12.8 Å². The number of carbonyl (C=O) groups is 2. The van der Waals surface area contributed by atoms with E-state index >= 15 is 0 Å². The van der Waals surface area contributed by atoms with Crippen molar-refractivity contribution in [2.24, 2.45) is 11.7 Å². The Balaban J connectivity index is 1.56. The molecule has 1 fully saturated rings. The summed E-state index contributed by atoms with van der Waals surface area (Å²) in [6.45, 7) is 1.11. The first kappa shape index (κ1) is 16.3. The van der Waals surface area contributed by atoms with Crippen LogP contribution < -0.4 is 5.73 Å². The quantitative estimate of drug-likeness (QED) is 0.789. The number of benzene rings is 1. The first-order valence-electron chi connectivity index (χ1n) is 8.74. The van der Waals surface area contributed by atoms with Crippen molar-refractivity contribution in [3.8, 4) is 11.3 Å². The Morgan fingerprint density at radius 3 is 2.50 bits per heavy atom.